The molecule has 0 bridgehead atoms. The SMILES string of the molecule is CC1CC(Nc2ccccc2CN(C)C)CCN1C. The number of benzene rings is 1. The quantitative estimate of drug-likeness (QED) is 0.899. The fourth-order valence-electron chi connectivity index (χ4n) is 2.78. The minimum atomic E-state index is 0.606. The summed E-state index contributed by atoms with van der Waals surface area (Å²) < 4.78 is 0. The van der Waals surface area contributed by atoms with E-state index in [2.05, 4.69) is 67.4 Å². The van der Waals surface area contributed by atoms with Crippen LogP contribution in [-0.2, 0) is 6.54 Å². The highest BCUT2D eigenvalue weighted by Gasteiger charge is 2.22. The number of nitrogens with zero attached hydrogens (tertiary/aromatic N) is 2. The third-order valence-corrected chi connectivity index (χ3v) is 4.07. The lowest BCUT2D eigenvalue weighted by Crippen LogP contribution is -2.42. The van der Waals surface area contributed by atoms with E-state index in [1.165, 1.54) is 30.6 Å². The molecule has 2 atom stereocenters. The second kappa shape index (κ2) is 6.40. The van der Waals surface area contributed by atoms with Crippen LogP contribution in [0.3, 0.4) is 0 Å². The Balaban J connectivity index is 2.02. The molecule has 0 amide bonds. The van der Waals surface area contributed by atoms with Gasteiger partial charge in [-0.2, -0.15) is 0 Å². The molecule has 0 aromatic heterocycles. The van der Waals surface area contributed by atoms with E-state index in [1.54, 1.807) is 0 Å². The minimum absolute atomic E-state index is 0.606. The van der Waals surface area contributed by atoms with E-state index in [0.29, 0.717) is 12.1 Å². The van der Waals surface area contributed by atoms with Crippen LogP contribution in [0.5, 0.6) is 0 Å². The lowest BCUT2D eigenvalue weighted by molar-refractivity contribution is 0.190. The molecule has 1 heterocycles. The van der Waals surface area contributed by atoms with Crippen LogP contribution in [0.4, 0.5) is 5.69 Å². The van der Waals surface area contributed by atoms with E-state index in [9.17, 15) is 0 Å². The Morgan fingerprint density at radius 2 is 2.05 bits per heavy atom. The molecule has 19 heavy (non-hydrogen) atoms. The van der Waals surface area contributed by atoms with Crippen molar-refractivity contribution in [3.8, 4) is 0 Å². The number of likely N-dealkylation sites (tertiary alicyclic amines) is 1. The van der Waals surface area contributed by atoms with Crippen molar-refractivity contribution in [3.05, 3.63) is 29.8 Å². The van der Waals surface area contributed by atoms with Gasteiger partial charge in [-0.15, -0.1) is 0 Å². The summed E-state index contributed by atoms with van der Waals surface area (Å²) in [6, 6.07) is 9.96. The summed E-state index contributed by atoms with van der Waals surface area (Å²) in [6.45, 7) is 4.50. The van der Waals surface area contributed by atoms with Crippen LogP contribution in [0, 0.1) is 0 Å². The smallest absolute Gasteiger partial charge is 0.0388 e. The first kappa shape index (κ1) is 14.4. The summed E-state index contributed by atoms with van der Waals surface area (Å²) >= 11 is 0. The fraction of sp³-hybridized carbons (Fsp3) is 0.625. The molecule has 3 nitrogen and oxygen atoms in total. The first-order chi connectivity index (χ1) is 9.06. The predicted octanol–water partition coefficient (Wildman–Crippen LogP) is 2.64. The molecule has 1 aliphatic heterocycles. The van der Waals surface area contributed by atoms with Crippen LogP contribution in [-0.4, -0.2) is 49.6 Å². The van der Waals surface area contributed by atoms with Crippen molar-refractivity contribution in [2.45, 2.75) is 38.4 Å². The number of hydrogen-bond acceptors (Lipinski definition) is 3. The molecular formula is C16H27N3. The Morgan fingerprint density at radius 3 is 2.74 bits per heavy atom. The van der Waals surface area contributed by atoms with Gasteiger partial charge in [0.25, 0.3) is 0 Å². The molecule has 2 unspecified atom stereocenters. The highest BCUT2D eigenvalue weighted by Crippen LogP contribution is 2.23. The van der Waals surface area contributed by atoms with Crippen LogP contribution in [0.15, 0.2) is 24.3 Å². The van der Waals surface area contributed by atoms with Crippen molar-refractivity contribution >= 4 is 5.69 Å². The van der Waals surface area contributed by atoms with Crippen molar-refractivity contribution in [1.82, 2.24) is 9.80 Å². The van der Waals surface area contributed by atoms with Crippen molar-refractivity contribution in [1.29, 1.82) is 0 Å². The molecule has 1 saturated heterocycles. The third kappa shape index (κ3) is 3.95. The lowest BCUT2D eigenvalue weighted by atomic mass is 9.98. The number of piperidine rings is 1. The Labute approximate surface area is 117 Å². The van der Waals surface area contributed by atoms with E-state index in [-0.39, 0.29) is 0 Å². The molecular weight excluding hydrogens is 234 g/mol. The summed E-state index contributed by atoms with van der Waals surface area (Å²) in [5.74, 6) is 0. The third-order valence-electron chi connectivity index (χ3n) is 4.07. The number of nitrogens with one attached hydrogen (secondary N) is 1. The largest absolute Gasteiger partial charge is 0.382 e. The number of rotatable bonds is 4. The first-order valence-corrected chi connectivity index (χ1v) is 7.25. The van der Waals surface area contributed by atoms with E-state index in [1.807, 2.05) is 0 Å². The monoisotopic (exact) mass is 261 g/mol. The highest BCUT2D eigenvalue weighted by atomic mass is 15.1. The normalized spacial score (nSPS) is 24.7. The number of hydrogen-bond donors (Lipinski definition) is 1. The average Bonchev–Trinajstić information content (AvgIpc) is 2.36. The minimum Gasteiger partial charge on any atom is -0.382 e. The molecule has 1 aliphatic rings. The zero-order chi connectivity index (χ0) is 13.8. The Bertz CT molecular complexity index is 403. The zero-order valence-corrected chi connectivity index (χ0v) is 12.7. The van der Waals surface area contributed by atoms with Crippen molar-refractivity contribution in [3.63, 3.8) is 0 Å². The van der Waals surface area contributed by atoms with E-state index in [4.69, 9.17) is 0 Å². The van der Waals surface area contributed by atoms with Gasteiger partial charge in [-0.05, 0) is 52.5 Å². The standard InChI is InChI=1S/C16H27N3/c1-13-11-15(9-10-19(13)4)17-16-8-6-5-7-14(16)12-18(2)3/h5-8,13,15,17H,9-12H2,1-4H3. The molecule has 0 aliphatic carbocycles. The fourth-order valence-corrected chi connectivity index (χ4v) is 2.78. The van der Waals surface area contributed by atoms with Crippen molar-refractivity contribution in [2.75, 3.05) is 33.0 Å². The summed E-state index contributed by atoms with van der Waals surface area (Å²) in [5.41, 5.74) is 2.69. The molecule has 0 saturated carbocycles. The van der Waals surface area contributed by atoms with Crippen molar-refractivity contribution < 1.29 is 0 Å². The van der Waals surface area contributed by atoms with Crippen LogP contribution >= 0.6 is 0 Å². The van der Waals surface area contributed by atoms with Gasteiger partial charge in [0.05, 0.1) is 0 Å². The molecule has 1 fully saturated rings. The highest BCUT2D eigenvalue weighted by molar-refractivity contribution is 5.51. The van der Waals surface area contributed by atoms with Gasteiger partial charge < -0.3 is 15.1 Å². The van der Waals surface area contributed by atoms with Gasteiger partial charge in [0, 0.05) is 30.9 Å². The lowest BCUT2D eigenvalue weighted by Gasteiger charge is -2.36. The Morgan fingerprint density at radius 1 is 1.32 bits per heavy atom. The van der Waals surface area contributed by atoms with Crippen LogP contribution in [0.25, 0.3) is 0 Å². The number of para-hydroxylation sites is 1. The first-order valence-electron chi connectivity index (χ1n) is 7.25. The van der Waals surface area contributed by atoms with Gasteiger partial charge in [-0.1, -0.05) is 18.2 Å². The second-order valence-corrected chi connectivity index (χ2v) is 6.09. The maximum absolute atomic E-state index is 3.75. The van der Waals surface area contributed by atoms with Gasteiger partial charge in [-0.25, -0.2) is 0 Å². The van der Waals surface area contributed by atoms with E-state index in [0.717, 1.165) is 6.54 Å². The van der Waals surface area contributed by atoms with Gasteiger partial charge >= 0.3 is 0 Å². The maximum Gasteiger partial charge on any atom is 0.0388 e. The molecule has 1 aromatic rings. The van der Waals surface area contributed by atoms with E-state index >= 15 is 0 Å². The Kier molecular flexibility index (Phi) is 4.83. The average molecular weight is 261 g/mol. The summed E-state index contributed by atoms with van der Waals surface area (Å²) in [5, 5.41) is 3.75. The second-order valence-electron chi connectivity index (χ2n) is 6.09. The summed E-state index contributed by atoms with van der Waals surface area (Å²) in [7, 11) is 6.46. The summed E-state index contributed by atoms with van der Waals surface area (Å²) in [4.78, 5) is 4.67. The molecule has 1 aromatic carbocycles. The van der Waals surface area contributed by atoms with Gasteiger partial charge in [0.1, 0.15) is 0 Å². The predicted molar refractivity (Wildman–Crippen MR) is 82.6 cm³/mol. The zero-order valence-electron chi connectivity index (χ0n) is 12.7. The molecule has 2 rings (SSSR count). The van der Waals surface area contributed by atoms with Crippen molar-refractivity contribution in [2.24, 2.45) is 0 Å². The van der Waals surface area contributed by atoms with Crippen LogP contribution in [0.1, 0.15) is 25.3 Å². The summed E-state index contributed by atoms with van der Waals surface area (Å²) in [6.07, 6.45) is 2.46. The number of anilines is 1. The maximum atomic E-state index is 3.75. The molecule has 3 heteroatoms. The van der Waals surface area contributed by atoms with Crippen LogP contribution in [0.2, 0.25) is 0 Å². The van der Waals surface area contributed by atoms with Gasteiger partial charge in [-0.3, -0.25) is 0 Å². The Hall–Kier alpha value is -1.06. The molecule has 0 spiro atoms. The molecule has 106 valence electrons. The van der Waals surface area contributed by atoms with E-state index < -0.39 is 0 Å². The molecule has 0 radical (unpaired) electrons. The molecule has 1 N–H and O–H groups in total. The topological polar surface area (TPSA) is 18.5 Å². The van der Waals surface area contributed by atoms with Gasteiger partial charge in [0.15, 0.2) is 0 Å². The van der Waals surface area contributed by atoms with Crippen LogP contribution < -0.4 is 5.32 Å². The van der Waals surface area contributed by atoms with Gasteiger partial charge in [0.2, 0.25) is 0 Å².